The summed E-state index contributed by atoms with van der Waals surface area (Å²) in [5.41, 5.74) is 10.6. The van der Waals surface area contributed by atoms with Gasteiger partial charge in [0.05, 0.1) is 0 Å². The zero-order valence-corrected chi connectivity index (χ0v) is 30.4. The third-order valence-corrected chi connectivity index (χ3v) is 11.8. The van der Waals surface area contributed by atoms with Gasteiger partial charge < -0.3 is 14.5 Å². The van der Waals surface area contributed by atoms with E-state index in [2.05, 4.69) is 157 Å². The number of aliphatic imine (C=N–C) groups is 1. The van der Waals surface area contributed by atoms with Gasteiger partial charge in [-0.15, -0.1) is 0 Å². The molecule has 1 N–H and O–H groups in total. The maximum Gasteiger partial charge on any atom is 0.157 e. The fourth-order valence-corrected chi connectivity index (χ4v) is 9.12. The summed E-state index contributed by atoms with van der Waals surface area (Å²) in [5, 5.41) is 13.5. The molecular formula is C52H34N2O2. The van der Waals surface area contributed by atoms with E-state index in [9.17, 15) is 0 Å². The Morgan fingerprint density at radius 1 is 0.518 bits per heavy atom. The van der Waals surface area contributed by atoms with E-state index >= 15 is 0 Å². The maximum atomic E-state index is 6.61. The molecule has 56 heavy (non-hydrogen) atoms. The molecule has 9 aromatic rings. The van der Waals surface area contributed by atoms with E-state index in [-0.39, 0.29) is 6.04 Å². The molecule has 8 aromatic carbocycles. The standard InChI is InChI=1S/C52H34N2O2/c1-2-12-33(13-3-1)49-51-50(41-19-9-11-21-46(41)56-51)54-52(53-49)35-29-42(48-40-18-7-6-15-37(40)36-14-4-5-16-38(36)44(48)30-35)32-24-22-31(23-25-32)34-26-27-47-43(28-34)39-17-8-10-20-45(39)55-47/h1-10,12-20,22-30,50H,11,21H2,(H,53,54). The highest BCUT2D eigenvalue weighted by Crippen LogP contribution is 2.44. The zero-order valence-electron chi connectivity index (χ0n) is 30.4. The molecule has 1 atom stereocenters. The molecule has 0 radical (unpaired) electrons. The monoisotopic (exact) mass is 718 g/mol. The van der Waals surface area contributed by atoms with Crippen LogP contribution in [0.15, 0.2) is 196 Å². The minimum absolute atomic E-state index is 0.110. The molecule has 0 bridgehead atoms. The normalized spacial score (nSPS) is 16.4. The highest BCUT2D eigenvalue weighted by Gasteiger charge is 2.38. The second-order valence-corrected chi connectivity index (χ2v) is 15.0. The van der Waals surface area contributed by atoms with Gasteiger partial charge in [0.1, 0.15) is 34.5 Å². The molecule has 12 rings (SSSR count). The van der Waals surface area contributed by atoms with Crippen molar-refractivity contribution in [2.24, 2.45) is 4.99 Å². The van der Waals surface area contributed by atoms with Gasteiger partial charge in [0, 0.05) is 33.9 Å². The van der Waals surface area contributed by atoms with E-state index in [0.29, 0.717) is 0 Å². The van der Waals surface area contributed by atoms with Crippen LogP contribution in [0.5, 0.6) is 0 Å². The molecule has 4 heteroatoms. The van der Waals surface area contributed by atoms with Crippen molar-refractivity contribution in [1.29, 1.82) is 0 Å². The van der Waals surface area contributed by atoms with Crippen molar-refractivity contribution in [3.05, 3.63) is 198 Å². The Hall–Kier alpha value is -7.17. The molecule has 4 nitrogen and oxygen atoms in total. The summed E-state index contributed by atoms with van der Waals surface area (Å²) in [5.74, 6) is 2.76. The summed E-state index contributed by atoms with van der Waals surface area (Å²) in [6.07, 6.45) is 6.36. The summed E-state index contributed by atoms with van der Waals surface area (Å²) >= 11 is 0. The van der Waals surface area contributed by atoms with E-state index in [1.165, 1.54) is 43.5 Å². The molecule has 1 aromatic heterocycles. The number of para-hydroxylation sites is 1. The first-order valence-corrected chi connectivity index (χ1v) is 19.4. The van der Waals surface area contributed by atoms with E-state index in [1.54, 1.807) is 0 Å². The number of fused-ring (bicyclic) bond motifs is 11. The predicted molar refractivity (Wildman–Crippen MR) is 230 cm³/mol. The van der Waals surface area contributed by atoms with E-state index in [0.717, 1.165) is 85.6 Å². The number of amidine groups is 1. The Morgan fingerprint density at radius 2 is 1.16 bits per heavy atom. The molecule has 1 aliphatic carbocycles. The smallest absolute Gasteiger partial charge is 0.157 e. The third-order valence-electron chi connectivity index (χ3n) is 11.8. The van der Waals surface area contributed by atoms with Crippen LogP contribution in [0.4, 0.5) is 0 Å². The van der Waals surface area contributed by atoms with Crippen LogP contribution in [0.25, 0.3) is 82.2 Å². The van der Waals surface area contributed by atoms with Crippen LogP contribution in [0.3, 0.4) is 0 Å². The van der Waals surface area contributed by atoms with Gasteiger partial charge in [-0.1, -0.05) is 140 Å². The van der Waals surface area contributed by atoms with Crippen molar-refractivity contribution in [3.8, 4) is 22.3 Å². The molecule has 3 aliphatic rings. The number of rotatable bonds is 4. The Morgan fingerprint density at radius 3 is 1.98 bits per heavy atom. The SMILES string of the molecule is C1=CC2=C(CC1)OC1=C(c3ccccc3)N=C(c3cc(-c4ccc(-c5ccc6oc7ccccc7c6c5)cc4)c4c5ccccc5c5ccccc5c4c3)NC21. The van der Waals surface area contributed by atoms with Gasteiger partial charge in [0.2, 0.25) is 0 Å². The first-order valence-electron chi connectivity index (χ1n) is 19.4. The second kappa shape index (κ2) is 12.2. The van der Waals surface area contributed by atoms with Gasteiger partial charge in [0.15, 0.2) is 5.76 Å². The van der Waals surface area contributed by atoms with Crippen molar-refractivity contribution in [1.82, 2.24) is 5.32 Å². The quantitative estimate of drug-likeness (QED) is 0.184. The molecule has 1 unspecified atom stereocenters. The second-order valence-electron chi connectivity index (χ2n) is 15.0. The lowest BCUT2D eigenvalue weighted by molar-refractivity contribution is 0.300. The van der Waals surface area contributed by atoms with Crippen LogP contribution < -0.4 is 5.32 Å². The first kappa shape index (κ1) is 31.2. The highest BCUT2D eigenvalue weighted by molar-refractivity contribution is 6.29. The lowest BCUT2D eigenvalue weighted by atomic mass is 9.87. The molecule has 0 saturated carbocycles. The van der Waals surface area contributed by atoms with Crippen LogP contribution in [-0.2, 0) is 4.74 Å². The van der Waals surface area contributed by atoms with Gasteiger partial charge in [0.25, 0.3) is 0 Å². The van der Waals surface area contributed by atoms with Crippen molar-refractivity contribution in [2.75, 3.05) is 0 Å². The van der Waals surface area contributed by atoms with Gasteiger partial charge in [-0.25, -0.2) is 4.99 Å². The number of hydrogen-bond acceptors (Lipinski definition) is 4. The Balaban J connectivity index is 1.07. The average Bonchev–Trinajstić information content (AvgIpc) is 3.84. The van der Waals surface area contributed by atoms with Crippen LogP contribution >= 0.6 is 0 Å². The minimum Gasteiger partial charge on any atom is -0.461 e. The van der Waals surface area contributed by atoms with Crippen LogP contribution in [0.2, 0.25) is 0 Å². The summed E-state index contributed by atoms with van der Waals surface area (Å²) in [4.78, 5) is 5.40. The molecule has 3 heterocycles. The van der Waals surface area contributed by atoms with Crippen LogP contribution in [0, 0.1) is 0 Å². The molecule has 0 spiro atoms. The maximum absolute atomic E-state index is 6.61. The summed E-state index contributed by atoms with van der Waals surface area (Å²) < 4.78 is 12.7. The molecule has 0 amide bonds. The predicted octanol–water partition coefficient (Wildman–Crippen LogP) is 13.1. The van der Waals surface area contributed by atoms with Crippen molar-refractivity contribution < 1.29 is 9.15 Å². The largest absolute Gasteiger partial charge is 0.461 e. The summed E-state index contributed by atoms with van der Waals surface area (Å²) in [6, 6.07) is 56.4. The van der Waals surface area contributed by atoms with E-state index in [1.807, 2.05) is 18.2 Å². The Kier molecular flexibility index (Phi) is 6.78. The Bertz CT molecular complexity index is 3240. The molecular weight excluding hydrogens is 685 g/mol. The number of furan rings is 1. The van der Waals surface area contributed by atoms with Crippen LogP contribution in [0.1, 0.15) is 24.0 Å². The lowest BCUT2D eigenvalue weighted by Crippen LogP contribution is -2.39. The van der Waals surface area contributed by atoms with E-state index in [4.69, 9.17) is 14.1 Å². The average molecular weight is 719 g/mol. The van der Waals surface area contributed by atoms with Gasteiger partial charge in [-0.3, -0.25) is 0 Å². The number of nitrogens with one attached hydrogen (secondary N) is 1. The van der Waals surface area contributed by atoms with E-state index < -0.39 is 0 Å². The number of nitrogens with zero attached hydrogens (tertiary/aromatic N) is 1. The zero-order chi connectivity index (χ0) is 36.7. The third kappa shape index (κ3) is 4.75. The number of allylic oxidation sites excluding steroid dienone is 2. The number of hydrogen-bond donors (Lipinski definition) is 1. The van der Waals surface area contributed by atoms with Crippen molar-refractivity contribution >= 4 is 65.8 Å². The Labute approximate surface area is 323 Å². The molecule has 0 fully saturated rings. The minimum atomic E-state index is -0.110. The number of ether oxygens (including phenoxy) is 1. The first-order chi connectivity index (χ1) is 27.7. The fourth-order valence-electron chi connectivity index (χ4n) is 9.12. The number of benzene rings is 8. The van der Waals surface area contributed by atoms with Gasteiger partial charge in [-0.2, -0.15) is 0 Å². The van der Waals surface area contributed by atoms with Crippen LogP contribution in [-0.4, -0.2) is 11.9 Å². The summed E-state index contributed by atoms with van der Waals surface area (Å²) in [7, 11) is 0. The van der Waals surface area contributed by atoms with Crippen molar-refractivity contribution in [2.45, 2.75) is 18.9 Å². The van der Waals surface area contributed by atoms with Gasteiger partial charge in [-0.05, 0) is 91.3 Å². The summed E-state index contributed by atoms with van der Waals surface area (Å²) in [6.45, 7) is 0. The highest BCUT2D eigenvalue weighted by atomic mass is 16.5. The van der Waals surface area contributed by atoms with Gasteiger partial charge >= 0.3 is 0 Å². The molecule has 2 aliphatic heterocycles. The lowest BCUT2D eigenvalue weighted by Gasteiger charge is -2.26. The van der Waals surface area contributed by atoms with Crippen molar-refractivity contribution in [3.63, 3.8) is 0 Å². The molecule has 0 saturated heterocycles. The molecule has 264 valence electrons. The fraction of sp³-hybridized carbons (Fsp3) is 0.0577. The topological polar surface area (TPSA) is 46.8 Å².